The summed E-state index contributed by atoms with van der Waals surface area (Å²) in [5.74, 6) is 0. The highest BCUT2D eigenvalue weighted by Gasteiger charge is 2.46. The van der Waals surface area contributed by atoms with E-state index < -0.39 is 25.8 Å². The van der Waals surface area contributed by atoms with Crippen molar-refractivity contribution >= 4 is 15.5 Å². The molecular formula is C12H16F3NO3S. The van der Waals surface area contributed by atoms with Gasteiger partial charge >= 0.3 is 5.51 Å². The highest BCUT2D eigenvalue weighted by molar-refractivity contribution is 7.92. The van der Waals surface area contributed by atoms with Crippen molar-refractivity contribution in [3.05, 3.63) is 24.3 Å². The minimum atomic E-state index is -5.31. The Hall–Kier alpha value is -1.28. The molecule has 0 heterocycles. The number of anilines is 1. The number of halogens is 3. The van der Waals surface area contributed by atoms with Gasteiger partial charge in [0.05, 0.1) is 4.90 Å². The Morgan fingerprint density at radius 3 is 2.05 bits per heavy atom. The van der Waals surface area contributed by atoms with Crippen molar-refractivity contribution in [3.63, 3.8) is 0 Å². The fourth-order valence-electron chi connectivity index (χ4n) is 1.58. The third-order valence-electron chi connectivity index (χ3n) is 2.69. The predicted molar refractivity (Wildman–Crippen MR) is 69.1 cm³/mol. The first kappa shape index (κ1) is 16.8. The second-order valence-electron chi connectivity index (χ2n) is 4.96. The van der Waals surface area contributed by atoms with E-state index in [1.807, 2.05) is 13.8 Å². The Morgan fingerprint density at radius 1 is 1.15 bits per heavy atom. The molecule has 4 nitrogen and oxygen atoms in total. The maximum atomic E-state index is 12.4. The molecule has 114 valence electrons. The van der Waals surface area contributed by atoms with Crippen molar-refractivity contribution < 1.29 is 26.7 Å². The van der Waals surface area contributed by atoms with Crippen LogP contribution < -0.4 is 5.32 Å². The van der Waals surface area contributed by atoms with Crippen LogP contribution in [0.4, 0.5) is 18.9 Å². The molecule has 8 heteroatoms. The molecule has 2 N–H and O–H groups in total. The number of sulfone groups is 1. The Kier molecular flexibility index (Phi) is 4.70. The van der Waals surface area contributed by atoms with E-state index in [0.717, 1.165) is 12.1 Å². The number of hydrogen-bond acceptors (Lipinski definition) is 4. The highest BCUT2D eigenvalue weighted by Crippen LogP contribution is 2.31. The maximum Gasteiger partial charge on any atom is 0.501 e. The lowest BCUT2D eigenvalue weighted by molar-refractivity contribution is -0.0436. The van der Waals surface area contributed by atoms with E-state index in [4.69, 9.17) is 5.11 Å². The van der Waals surface area contributed by atoms with Crippen LogP contribution in [0.3, 0.4) is 0 Å². The summed E-state index contributed by atoms with van der Waals surface area (Å²) in [5, 5.41) is 11.9. The molecule has 0 fully saturated rings. The van der Waals surface area contributed by atoms with E-state index >= 15 is 0 Å². The van der Waals surface area contributed by atoms with Crippen molar-refractivity contribution in [1.29, 1.82) is 0 Å². The van der Waals surface area contributed by atoms with Gasteiger partial charge in [-0.2, -0.15) is 13.2 Å². The molecule has 0 saturated heterocycles. The SMILES string of the molecule is CC(C)(CCO)Nc1ccc(S(=O)(=O)C(F)(F)F)cc1. The van der Waals surface area contributed by atoms with Gasteiger partial charge in [-0.15, -0.1) is 0 Å². The minimum Gasteiger partial charge on any atom is -0.396 e. The Labute approximate surface area is 115 Å². The van der Waals surface area contributed by atoms with Crippen molar-refractivity contribution in [2.45, 2.75) is 36.2 Å². The van der Waals surface area contributed by atoms with Crippen molar-refractivity contribution in [3.8, 4) is 0 Å². The molecule has 0 radical (unpaired) electrons. The monoisotopic (exact) mass is 311 g/mol. The van der Waals surface area contributed by atoms with Crippen molar-refractivity contribution in [2.24, 2.45) is 0 Å². The van der Waals surface area contributed by atoms with Crippen molar-refractivity contribution in [2.75, 3.05) is 11.9 Å². The molecular weight excluding hydrogens is 295 g/mol. The van der Waals surface area contributed by atoms with Gasteiger partial charge in [-0.05, 0) is 44.5 Å². The third-order valence-corrected chi connectivity index (χ3v) is 4.19. The van der Waals surface area contributed by atoms with E-state index in [9.17, 15) is 21.6 Å². The molecule has 0 aliphatic heterocycles. The Bertz CT molecular complexity index is 550. The molecule has 0 spiro atoms. The third kappa shape index (κ3) is 3.86. The van der Waals surface area contributed by atoms with Gasteiger partial charge in [-0.1, -0.05) is 0 Å². The van der Waals surface area contributed by atoms with Gasteiger partial charge in [0.25, 0.3) is 9.84 Å². The van der Waals surface area contributed by atoms with Crippen LogP contribution >= 0.6 is 0 Å². The molecule has 1 rings (SSSR count). The highest BCUT2D eigenvalue weighted by atomic mass is 32.2. The van der Waals surface area contributed by atoms with E-state index in [0.29, 0.717) is 12.1 Å². The van der Waals surface area contributed by atoms with Crippen LogP contribution in [0.2, 0.25) is 0 Å². The molecule has 1 aromatic rings. The van der Waals surface area contributed by atoms with E-state index in [-0.39, 0.29) is 6.61 Å². The lowest BCUT2D eigenvalue weighted by Crippen LogP contribution is -2.31. The molecule has 20 heavy (non-hydrogen) atoms. The lowest BCUT2D eigenvalue weighted by atomic mass is 10.0. The Morgan fingerprint density at radius 2 is 1.65 bits per heavy atom. The molecule has 0 atom stereocenters. The second-order valence-corrected chi connectivity index (χ2v) is 6.90. The number of rotatable bonds is 5. The molecule has 0 amide bonds. The number of alkyl halides is 3. The molecule has 0 unspecified atom stereocenters. The van der Waals surface area contributed by atoms with E-state index in [1.165, 1.54) is 12.1 Å². The average Bonchev–Trinajstić information content (AvgIpc) is 2.27. The van der Waals surface area contributed by atoms with Crippen LogP contribution in [0, 0.1) is 0 Å². The zero-order chi connectivity index (χ0) is 15.6. The lowest BCUT2D eigenvalue weighted by Gasteiger charge is -2.26. The molecule has 0 aliphatic carbocycles. The van der Waals surface area contributed by atoms with Gasteiger partial charge in [0.15, 0.2) is 0 Å². The standard InChI is InChI=1S/C12H16F3NO3S/c1-11(2,7-8-17)16-9-3-5-10(6-4-9)20(18,19)12(13,14)15/h3-6,16-17H,7-8H2,1-2H3. The largest absolute Gasteiger partial charge is 0.501 e. The summed E-state index contributed by atoms with van der Waals surface area (Å²) in [6, 6.07) is 4.33. The maximum absolute atomic E-state index is 12.4. The van der Waals surface area contributed by atoms with Gasteiger partial charge in [0.2, 0.25) is 0 Å². The fraction of sp³-hybridized carbons (Fsp3) is 0.500. The van der Waals surface area contributed by atoms with Crippen molar-refractivity contribution in [1.82, 2.24) is 0 Å². The summed E-state index contributed by atoms with van der Waals surface area (Å²) in [6.07, 6.45) is 0.440. The first-order valence-corrected chi connectivity index (χ1v) is 7.28. The number of nitrogens with one attached hydrogen (secondary N) is 1. The average molecular weight is 311 g/mol. The summed E-state index contributed by atoms with van der Waals surface area (Å²) in [5.41, 5.74) is -5.29. The number of hydrogen-bond donors (Lipinski definition) is 2. The summed E-state index contributed by atoms with van der Waals surface area (Å²) in [7, 11) is -5.31. The molecule has 0 aliphatic rings. The van der Waals surface area contributed by atoms with Gasteiger partial charge in [0, 0.05) is 17.8 Å². The topological polar surface area (TPSA) is 66.4 Å². The van der Waals surface area contributed by atoms with Crippen LogP contribution in [0.5, 0.6) is 0 Å². The quantitative estimate of drug-likeness (QED) is 0.877. The van der Waals surface area contributed by atoms with E-state index in [2.05, 4.69) is 5.32 Å². The summed E-state index contributed by atoms with van der Waals surface area (Å²) < 4.78 is 59.4. The second kappa shape index (κ2) is 5.61. The van der Waals surface area contributed by atoms with Gasteiger partial charge in [-0.3, -0.25) is 0 Å². The fourth-order valence-corrected chi connectivity index (χ4v) is 2.35. The van der Waals surface area contributed by atoms with E-state index in [1.54, 1.807) is 0 Å². The summed E-state index contributed by atoms with van der Waals surface area (Å²) >= 11 is 0. The summed E-state index contributed by atoms with van der Waals surface area (Å²) in [4.78, 5) is -0.796. The zero-order valence-electron chi connectivity index (χ0n) is 11.0. The molecule has 0 aromatic heterocycles. The Balaban J connectivity index is 2.96. The first-order chi connectivity index (χ1) is 8.99. The number of aliphatic hydroxyl groups excluding tert-OH is 1. The van der Waals surface area contributed by atoms with Crippen LogP contribution in [-0.2, 0) is 9.84 Å². The normalized spacial score (nSPS) is 13.3. The molecule has 0 bridgehead atoms. The van der Waals surface area contributed by atoms with Crippen LogP contribution in [0.1, 0.15) is 20.3 Å². The number of benzene rings is 1. The van der Waals surface area contributed by atoms with Crippen LogP contribution in [0.25, 0.3) is 0 Å². The zero-order valence-corrected chi connectivity index (χ0v) is 11.8. The predicted octanol–water partition coefficient (Wildman–Crippen LogP) is 2.55. The van der Waals surface area contributed by atoms with Gasteiger partial charge in [0.1, 0.15) is 0 Å². The smallest absolute Gasteiger partial charge is 0.396 e. The number of aliphatic hydroxyl groups is 1. The molecule has 1 aromatic carbocycles. The van der Waals surface area contributed by atoms with Gasteiger partial charge < -0.3 is 10.4 Å². The summed E-state index contributed by atoms with van der Waals surface area (Å²) in [6.45, 7) is 3.58. The first-order valence-electron chi connectivity index (χ1n) is 5.80. The molecule has 0 saturated carbocycles. The van der Waals surface area contributed by atoms with Crippen LogP contribution in [-0.4, -0.2) is 31.2 Å². The minimum absolute atomic E-state index is 0.0411. The van der Waals surface area contributed by atoms with Crippen LogP contribution in [0.15, 0.2) is 29.2 Å². The van der Waals surface area contributed by atoms with Gasteiger partial charge in [-0.25, -0.2) is 8.42 Å².